The number of esters is 2. The summed E-state index contributed by atoms with van der Waals surface area (Å²) in [5.41, 5.74) is -2.15. The number of nitrogens with zero attached hydrogens (tertiary/aromatic N) is 1. The Balaban J connectivity index is 1.95. The molecule has 0 bridgehead atoms. The van der Waals surface area contributed by atoms with Gasteiger partial charge in [-0.3, -0.25) is 4.79 Å². The van der Waals surface area contributed by atoms with Gasteiger partial charge in [-0.15, -0.1) is 0 Å². The van der Waals surface area contributed by atoms with Crippen LogP contribution in [0.3, 0.4) is 0 Å². The molecule has 11 heteroatoms. The van der Waals surface area contributed by atoms with Crippen molar-refractivity contribution >= 4 is 17.7 Å². The van der Waals surface area contributed by atoms with Gasteiger partial charge in [0.15, 0.2) is 17.7 Å². The first-order valence-electron chi connectivity index (χ1n) is 11.9. The molecule has 200 valence electrons. The van der Waals surface area contributed by atoms with Gasteiger partial charge in [-0.1, -0.05) is 0 Å². The monoisotopic (exact) mass is 501 g/mol. The Labute approximate surface area is 206 Å². The standard InChI is InChI=1S/C24H39NO10/c1-21(2,3)32-15(26)11-13(20(27)35-22(4,5)6)25(28)19-18-17(33-24(9,10)34-18)16(30-19)14-12-29-23(7,8)31-14/h14,16-19H,11-12H2,1-10H3/b25-13+/t14-,16-,17+,18+,19+/m1/s1. The predicted octanol–water partition coefficient (Wildman–Crippen LogP) is 2.41. The van der Waals surface area contributed by atoms with E-state index in [-0.39, 0.29) is 6.61 Å². The number of hydroxylamine groups is 1. The van der Waals surface area contributed by atoms with Crippen molar-refractivity contribution in [3.05, 3.63) is 5.21 Å². The van der Waals surface area contributed by atoms with Crippen molar-refractivity contribution in [1.82, 2.24) is 0 Å². The molecular formula is C24H39NO10. The molecule has 5 atom stereocenters. The molecule has 3 fully saturated rings. The van der Waals surface area contributed by atoms with Gasteiger partial charge >= 0.3 is 11.9 Å². The number of rotatable bonds is 5. The zero-order chi connectivity index (χ0) is 26.6. The lowest BCUT2D eigenvalue weighted by atomic mass is 10.1. The average molecular weight is 502 g/mol. The molecule has 0 aliphatic carbocycles. The van der Waals surface area contributed by atoms with Crippen LogP contribution < -0.4 is 0 Å². The van der Waals surface area contributed by atoms with Gasteiger partial charge in [0, 0.05) is 0 Å². The zero-order valence-corrected chi connectivity index (χ0v) is 22.3. The quantitative estimate of drug-likeness (QED) is 0.182. The molecule has 0 aromatic carbocycles. The lowest BCUT2D eigenvalue weighted by Gasteiger charge is -2.27. The van der Waals surface area contributed by atoms with Crippen molar-refractivity contribution < 1.29 is 47.5 Å². The maximum absolute atomic E-state index is 13.7. The fourth-order valence-electron chi connectivity index (χ4n) is 4.22. The van der Waals surface area contributed by atoms with Crippen LogP contribution in [0.25, 0.3) is 0 Å². The minimum Gasteiger partial charge on any atom is -0.621 e. The summed E-state index contributed by atoms with van der Waals surface area (Å²) in [6.07, 6.45) is -4.62. The fraction of sp³-hybridized carbons (Fsp3) is 0.875. The van der Waals surface area contributed by atoms with Crippen molar-refractivity contribution in [1.29, 1.82) is 0 Å². The van der Waals surface area contributed by atoms with Crippen molar-refractivity contribution in [3.8, 4) is 0 Å². The van der Waals surface area contributed by atoms with Gasteiger partial charge in [-0.05, 0) is 69.2 Å². The Morgan fingerprint density at radius 1 is 0.886 bits per heavy atom. The summed E-state index contributed by atoms with van der Waals surface area (Å²) in [6, 6.07) is 0. The van der Waals surface area contributed by atoms with E-state index in [1.165, 1.54) is 0 Å². The molecule has 0 saturated carbocycles. The molecule has 0 radical (unpaired) electrons. The van der Waals surface area contributed by atoms with Gasteiger partial charge in [0.05, 0.1) is 6.61 Å². The predicted molar refractivity (Wildman–Crippen MR) is 122 cm³/mol. The highest BCUT2D eigenvalue weighted by molar-refractivity contribution is 6.37. The third kappa shape index (κ3) is 6.91. The summed E-state index contributed by atoms with van der Waals surface area (Å²) in [7, 11) is 0. The largest absolute Gasteiger partial charge is 0.621 e. The van der Waals surface area contributed by atoms with Crippen LogP contribution in [0.2, 0.25) is 0 Å². The van der Waals surface area contributed by atoms with Gasteiger partial charge in [-0.2, -0.15) is 4.74 Å². The Hall–Kier alpha value is -1.79. The highest BCUT2D eigenvalue weighted by atomic mass is 16.8. The van der Waals surface area contributed by atoms with Crippen LogP contribution in [-0.2, 0) is 42.7 Å². The third-order valence-electron chi connectivity index (χ3n) is 5.33. The molecule has 3 aliphatic rings. The van der Waals surface area contributed by atoms with Crippen molar-refractivity contribution in [3.63, 3.8) is 0 Å². The Kier molecular flexibility index (Phi) is 7.35. The minimum atomic E-state index is -1.29. The summed E-state index contributed by atoms with van der Waals surface area (Å²) in [5, 5.41) is 13.7. The molecule has 3 rings (SSSR count). The van der Waals surface area contributed by atoms with Crippen molar-refractivity contribution in [2.45, 2.75) is 129 Å². The number of fused-ring (bicyclic) bond motifs is 1. The molecule has 0 amide bonds. The Bertz CT molecular complexity index is 867. The average Bonchev–Trinajstić information content (AvgIpc) is 3.25. The zero-order valence-electron chi connectivity index (χ0n) is 22.3. The summed E-state index contributed by atoms with van der Waals surface area (Å²) >= 11 is 0. The van der Waals surface area contributed by atoms with E-state index in [4.69, 9.17) is 33.2 Å². The van der Waals surface area contributed by atoms with E-state index in [1.54, 1.807) is 69.2 Å². The van der Waals surface area contributed by atoms with E-state index in [0.29, 0.717) is 4.74 Å². The molecular weight excluding hydrogens is 462 g/mol. The summed E-state index contributed by atoms with van der Waals surface area (Å²) in [6.45, 7) is 17.3. The van der Waals surface area contributed by atoms with Crippen LogP contribution in [0.15, 0.2) is 0 Å². The molecule has 11 nitrogen and oxygen atoms in total. The van der Waals surface area contributed by atoms with Crippen LogP contribution in [0.5, 0.6) is 0 Å². The number of carbonyl (C=O) groups excluding carboxylic acids is 2. The van der Waals surface area contributed by atoms with E-state index in [9.17, 15) is 14.8 Å². The Morgan fingerprint density at radius 2 is 1.46 bits per heavy atom. The van der Waals surface area contributed by atoms with Crippen molar-refractivity contribution in [2.24, 2.45) is 0 Å². The molecule has 0 N–H and O–H groups in total. The second kappa shape index (κ2) is 9.26. The van der Waals surface area contributed by atoms with Crippen LogP contribution in [0.1, 0.15) is 75.7 Å². The van der Waals surface area contributed by atoms with Crippen LogP contribution in [-0.4, -0.2) is 82.4 Å². The number of carbonyl (C=O) groups is 2. The molecule has 0 spiro atoms. The van der Waals surface area contributed by atoms with Crippen LogP contribution >= 0.6 is 0 Å². The minimum absolute atomic E-state index is 0.233. The summed E-state index contributed by atoms with van der Waals surface area (Å²) < 4.78 is 40.9. The number of hydrogen-bond acceptors (Lipinski definition) is 10. The van der Waals surface area contributed by atoms with E-state index in [1.807, 2.05) is 0 Å². The van der Waals surface area contributed by atoms with Crippen molar-refractivity contribution in [2.75, 3.05) is 6.61 Å². The highest BCUT2D eigenvalue weighted by Crippen LogP contribution is 2.42. The summed E-state index contributed by atoms with van der Waals surface area (Å²) in [4.78, 5) is 25.6. The van der Waals surface area contributed by atoms with E-state index in [2.05, 4.69) is 0 Å². The second-order valence-electron chi connectivity index (χ2n) is 12.0. The SMILES string of the molecule is CC(C)(C)OC(=O)C/C(C(=O)OC(C)(C)C)=[N+](\[O-])[C@H]1O[C@H]([C@H]2COC(C)(C)O2)[C@@H]2OC(C)(C)O[C@@H]21. The molecule has 0 unspecified atom stereocenters. The third-order valence-corrected chi connectivity index (χ3v) is 5.33. The van der Waals surface area contributed by atoms with E-state index < -0.39 is 77.5 Å². The smallest absolute Gasteiger partial charge is 0.401 e. The maximum atomic E-state index is 13.7. The van der Waals surface area contributed by atoms with Gasteiger partial charge in [0.25, 0.3) is 11.9 Å². The van der Waals surface area contributed by atoms with Crippen LogP contribution in [0, 0.1) is 5.21 Å². The van der Waals surface area contributed by atoms with E-state index in [0.717, 1.165) is 0 Å². The van der Waals surface area contributed by atoms with Gasteiger partial charge in [0.1, 0.15) is 35.9 Å². The topological polar surface area (TPSA) is 125 Å². The molecule has 0 aromatic heterocycles. The first kappa shape index (κ1) is 27.8. The normalized spacial score (nSPS) is 32.7. The van der Waals surface area contributed by atoms with E-state index >= 15 is 0 Å². The molecule has 0 aromatic rings. The molecule has 35 heavy (non-hydrogen) atoms. The molecule has 3 aliphatic heterocycles. The molecule has 3 saturated heterocycles. The van der Waals surface area contributed by atoms with Crippen LogP contribution in [0.4, 0.5) is 0 Å². The number of ether oxygens (including phenoxy) is 7. The van der Waals surface area contributed by atoms with Gasteiger partial charge in [0.2, 0.25) is 0 Å². The summed E-state index contributed by atoms with van der Waals surface area (Å²) in [5.74, 6) is -3.51. The fourth-order valence-corrected chi connectivity index (χ4v) is 4.22. The highest BCUT2D eigenvalue weighted by Gasteiger charge is 2.62. The molecule has 3 heterocycles. The number of hydrogen-bond donors (Lipinski definition) is 0. The lowest BCUT2D eigenvalue weighted by molar-refractivity contribution is -0.566. The second-order valence-corrected chi connectivity index (χ2v) is 12.0. The lowest BCUT2D eigenvalue weighted by Crippen LogP contribution is -2.43. The van der Waals surface area contributed by atoms with Gasteiger partial charge < -0.3 is 38.4 Å². The first-order chi connectivity index (χ1) is 15.8. The Morgan fingerprint density at radius 3 is 1.97 bits per heavy atom. The first-order valence-corrected chi connectivity index (χ1v) is 11.9. The van der Waals surface area contributed by atoms with Gasteiger partial charge in [-0.25, -0.2) is 4.79 Å². The maximum Gasteiger partial charge on any atom is 0.401 e.